The molecule has 0 unspecified atom stereocenters. The molecule has 0 fully saturated rings. The van der Waals surface area contributed by atoms with Gasteiger partial charge in [-0.15, -0.1) is 0 Å². The van der Waals surface area contributed by atoms with Crippen molar-refractivity contribution in [3.05, 3.63) is 95.8 Å². The SMILES string of the molecule is O=C(C[C@@]1(O)C(=O)N(CCOc2ccccc2)c2ccccc21)c1ccc(F)cc1. The third-order valence-corrected chi connectivity index (χ3v) is 5.15. The number of aliphatic hydroxyl groups is 1. The van der Waals surface area contributed by atoms with Gasteiger partial charge in [0, 0.05) is 11.1 Å². The van der Waals surface area contributed by atoms with Crippen molar-refractivity contribution in [1.29, 1.82) is 0 Å². The highest BCUT2D eigenvalue weighted by atomic mass is 19.1. The van der Waals surface area contributed by atoms with E-state index >= 15 is 0 Å². The molecule has 0 bridgehead atoms. The monoisotopic (exact) mass is 405 g/mol. The van der Waals surface area contributed by atoms with Crippen LogP contribution in [0.15, 0.2) is 78.9 Å². The van der Waals surface area contributed by atoms with Gasteiger partial charge in [-0.3, -0.25) is 9.59 Å². The molecule has 1 heterocycles. The molecule has 3 aromatic rings. The quantitative estimate of drug-likeness (QED) is 0.609. The summed E-state index contributed by atoms with van der Waals surface area (Å²) >= 11 is 0. The molecule has 0 saturated carbocycles. The van der Waals surface area contributed by atoms with E-state index in [2.05, 4.69) is 0 Å². The van der Waals surface area contributed by atoms with Crippen LogP contribution in [-0.4, -0.2) is 29.9 Å². The molecule has 1 N–H and O–H groups in total. The van der Waals surface area contributed by atoms with Gasteiger partial charge in [0.2, 0.25) is 0 Å². The molecule has 5 nitrogen and oxygen atoms in total. The first kappa shape index (κ1) is 19.8. The summed E-state index contributed by atoms with van der Waals surface area (Å²) in [5, 5.41) is 11.3. The molecule has 1 amide bonds. The number of para-hydroxylation sites is 2. The largest absolute Gasteiger partial charge is 0.492 e. The van der Waals surface area contributed by atoms with Gasteiger partial charge >= 0.3 is 0 Å². The molecule has 0 aromatic heterocycles. The summed E-state index contributed by atoms with van der Waals surface area (Å²) in [4.78, 5) is 27.3. The van der Waals surface area contributed by atoms with Crippen molar-refractivity contribution in [2.45, 2.75) is 12.0 Å². The third-order valence-electron chi connectivity index (χ3n) is 5.15. The zero-order valence-corrected chi connectivity index (χ0v) is 16.1. The minimum absolute atomic E-state index is 0.220. The minimum atomic E-state index is -1.98. The number of nitrogens with zero attached hydrogens (tertiary/aromatic N) is 1. The fourth-order valence-corrected chi connectivity index (χ4v) is 3.64. The van der Waals surface area contributed by atoms with Gasteiger partial charge in [0.05, 0.1) is 18.7 Å². The normalized spacial score (nSPS) is 17.7. The highest BCUT2D eigenvalue weighted by Crippen LogP contribution is 2.42. The number of fused-ring (bicyclic) bond motifs is 1. The van der Waals surface area contributed by atoms with Gasteiger partial charge in [-0.05, 0) is 42.5 Å². The summed E-state index contributed by atoms with van der Waals surface area (Å²) in [6, 6.07) is 21.1. The summed E-state index contributed by atoms with van der Waals surface area (Å²) in [5.41, 5.74) is -0.811. The van der Waals surface area contributed by atoms with E-state index in [1.54, 1.807) is 24.3 Å². The molecule has 0 saturated heterocycles. The summed E-state index contributed by atoms with van der Waals surface area (Å²) in [5.74, 6) is -0.796. The number of ether oxygens (including phenoxy) is 1. The Labute approximate surface area is 173 Å². The second-order valence-corrected chi connectivity index (χ2v) is 7.10. The molecule has 6 heteroatoms. The smallest absolute Gasteiger partial charge is 0.264 e. The predicted octanol–water partition coefficient (Wildman–Crippen LogP) is 3.71. The molecule has 4 rings (SSSR count). The Morgan fingerprint density at radius 1 is 0.967 bits per heavy atom. The average molecular weight is 405 g/mol. The van der Waals surface area contributed by atoms with E-state index in [-0.39, 0.29) is 18.7 Å². The molecule has 1 aliphatic rings. The summed E-state index contributed by atoms with van der Waals surface area (Å²) in [6.07, 6.45) is -0.426. The molecule has 1 aliphatic heterocycles. The molecule has 0 spiro atoms. The number of rotatable bonds is 7. The Kier molecular flexibility index (Phi) is 5.33. The Morgan fingerprint density at radius 2 is 1.63 bits per heavy atom. The van der Waals surface area contributed by atoms with Gasteiger partial charge in [-0.1, -0.05) is 36.4 Å². The van der Waals surface area contributed by atoms with Gasteiger partial charge in [0.15, 0.2) is 11.4 Å². The molecular formula is C24H20FNO4. The zero-order valence-electron chi connectivity index (χ0n) is 16.1. The van der Waals surface area contributed by atoms with E-state index in [9.17, 15) is 19.1 Å². The molecule has 0 radical (unpaired) electrons. The van der Waals surface area contributed by atoms with E-state index in [4.69, 9.17) is 4.74 Å². The number of amides is 1. The summed E-state index contributed by atoms with van der Waals surface area (Å²) in [7, 11) is 0. The number of Topliss-reactive ketones (excluding diaryl/α,β-unsaturated/α-hetero) is 1. The van der Waals surface area contributed by atoms with Crippen LogP contribution in [0, 0.1) is 5.82 Å². The van der Waals surface area contributed by atoms with Crippen molar-refractivity contribution < 1.29 is 23.8 Å². The second kappa shape index (κ2) is 8.08. The van der Waals surface area contributed by atoms with Crippen molar-refractivity contribution >= 4 is 17.4 Å². The lowest BCUT2D eigenvalue weighted by Crippen LogP contribution is -2.43. The predicted molar refractivity (Wildman–Crippen MR) is 110 cm³/mol. The van der Waals surface area contributed by atoms with Crippen LogP contribution >= 0.6 is 0 Å². The lowest BCUT2D eigenvalue weighted by atomic mass is 9.88. The van der Waals surface area contributed by atoms with Crippen molar-refractivity contribution in [1.82, 2.24) is 0 Å². The van der Waals surface area contributed by atoms with E-state index in [0.29, 0.717) is 17.0 Å². The molecule has 1 atom stereocenters. The standard InChI is InChI=1S/C24H20FNO4/c25-18-12-10-17(11-13-18)22(27)16-24(29)20-8-4-5-9-21(20)26(23(24)28)14-15-30-19-6-2-1-3-7-19/h1-13,29H,14-16H2/t24-/m0/s1. The maximum absolute atomic E-state index is 13.2. The number of hydrogen-bond donors (Lipinski definition) is 1. The second-order valence-electron chi connectivity index (χ2n) is 7.10. The van der Waals surface area contributed by atoms with Crippen molar-refractivity contribution in [3.8, 4) is 5.75 Å². The van der Waals surface area contributed by atoms with Crippen molar-refractivity contribution in [2.24, 2.45) is 0 Å². The maximum atomic E-state index is 13.2. The third kappa shape index (κ3) is 3.69. The van der Waals surface area contributed by atoms with E-state index < -0.39 is 29.5 Å². The van der Waals surface area contributed by atoms with Gasteiger partial charge in [-0.2, -0.15) is 0 Å². The van der Waals surface area contributed by atoms with E-state index in [1.807, 2.05) is 30.3 Å². The fourth-order valence-electron chi connectivity index (χ4n) is 3.64. The van der Waals surface area contributed by atoms with Crippen LogP contribution in [0.1, 0.15) is 22.3 Å². The number of hydrogen-bond acceptors (Lipinski definition) is 4. The molecule has 152 valence electrons. The minimum Gasteiger partial charge on any atom is -0.492 e. The van der Waals surface area contributed by atoms with Crippen LogP contribution in [-0.2, 0) is 10.4 Å². The highest BCUT2D eigenvalue weighted by Gasteiger charge is 2.50. The van der Waals surface area contributed by atoms with Gasteiger partial charge < -0.3 is 14.7 Å². The molecular weight excluding hydrogens is 385 g/mol. The van der Waals surface area contributed by atoms with Crippen LogP contribution < -0.4 is 9.64 Å². The first-order valence-corrected chi connectivity index (χ1v) is 9.59. The zero-order chi connectivity index (χ0) is 21.1. The number of halogens is 1. The van der Waals surface area contributed by atoms with Crippen LogP contribution in [0.4, 0.5) is 10.1 Å². The van der Waals surface area contributed by atoms with Crippen molar-refractivity contribution in [3.63, 3.8) is 0 Å². The van der Waals surface area contributed by atoms with Crippen LogP contribution in [0.5, 0.6) is 5.75 Å². The molecule has 0 aliphatic carbocycles. The Bertz CT molecular complexity index is 1070. The average Bonchev–Trinajstić information content (AvgIpc) is 2.97. The molecule has 3 aromatic carbocycles. The van der Waals surface area contributed by atoms with Gasteiger partial charge in [-0.25, -0.2) is 4.39 Å². The van der Waals surface area contributed by atoms with Gasteiger partial charge in [0.25, 0.3) is 5.91 Å². The lowest BCUT2D eigenvalue weighted by Gasteiger charge is -2.23. The number of carbonyl (C=O) groups excluding carboxylic acids is 2. The first-order chi connectivity index (χ1) is 14.5. The van der Waals surface area contributed by atoms with Crippen molar-refractivity contribution in [2.75, 3.05) is 18.1 Å². The lowest BCUT2D eigenvalue weighted by molar-refractivity contribution is -0.135. The number of carbonyl (C=O) groups is 2. The van der Waals surface area contributed by atoms with Crippen LogP contribution in [0.2, 0.25) is 0 Å². The highest BCUT2D eigenvalue weighted by molar-refractivity contribution is 6.10. The fraction of sp³-hybridized carbons (Fsp3) is 0.167. The first-order valence-electron chi connectivity index (χ1n) is 9.59. The maximum Gasteiger partial charge on any atom is 0.264 e. The number of ketones is 1. The number of benzene rings is 3. The Morgan fingerprint density at radius 3 is 2.37 bits per heavy atom. The topological polar surface area (TPSA) is 66.8 Å². The summed E-state index contributed by atoms with van der Waals surface area (Å²) in [6.45, 7) is 0.448. The van der Waals surface area contributed by atoms with Crippen LogP contribution in [0.25, 0.3) is 0 Å². The van der Waals surface area contributed by atoms with Gasteiger partial charge in [0.1, 0.15) is 18.2 Å². The van der Waals surface area contributed by atoms with Crippen LogP contribution in [0.3, 0.4) is 0 Å². The molecule has 30 heavy (non-hydrogen) atoms. The Hall–Kier alpha value is -3.51. The van der Waals surface area contributed by atoms with E-state index in [1.165, 1.54) is 29.2 Å². The van der Waals surface area contributed by atoms with E-state index in [0.717, 1.165) is 0 Å². The number of anilines is 1. The summed E-state index contributed by atoms with van der Waals surface area (Å²) < 4.78 is 18.8. The Balaban J connectivity index is 1.54.